The Kier molecular flexibility index (Phi) is 5.04. The van der Waals surface area contributed by atoms with Crippen LogP contribution < -0.4 is 5.32 Å². The third-order valence-electron chi connectivity index (χ3n) is 3.74. The maximum Gasteiger partial charge on any atom is 0.318 e. The molecule has 5 nitrogen and oxygen atoms in total. The van der Waals surface area contributed by atoms with Crippen LogP contribution >= 0.6 is 0 Å². The van der Waals surface area contributed by atoms with Crippen LogP contribution in [0.25, 0.3) is 0 Å². The highest BCUT2D eigenvalue weighted by Crippen LogP contribution is 2.32. The number of hydrogen-bond acceptors (Lipinski definition) is 3. The Morgan fingerprint density at radius 2 is 2.40 bits per heavy atom. The molecule has 5 heteroatoms. The van der Waals surface area contributed by atoms with Gasteiger partial charge in [-0.1, -0.05) is 27.2 Å². The summed E-state index contributed by atoms with van der Waals surface area (Å²) < 4.78 is 5.58. The molecule has 2 heterocycles. The molecule has 0 aliphatic carbocycles. The van der Waals surface area contributed by atoms with E-state index in [2.05, 4.69) is 31.1 Å². The smallest absolute Gasteiger partial charge is 0.318 e. The molecule has 112 valence electrons. The first-order valence-electron chi connectivity index (χ1n) is 7.63. The normalized spacial score (nSPS) is 18.8. The fourth-order valence-electron chi connectivity index (χ4n) is 2.46. The van der Waals surface area contributed by atoms with Crippen molar-refractivity contribution in [2.75, 3.05) is 13.1 Å². The molecular weight excluding hydrogens is 254 g/mol. The van der Waals surface area contributed by atoms with Crippen LogP contribution in [0.4, 0.5) is 4.79 Å². The number of oxazole rings is 1. The van der Waals surface area contributed by atoms with Gasteiger partial charge in [-0.15, -0.1) is 0 Å². The topological polar surface area (TPSA) is 58.4 Å². The van der Waals surface area contributed by atoms with Gasteiger partial charge in [0.25, 0.3) is 0 Å². The van der Waals surface area contributed by atoms with Crippen LogP contribution in [0, 0.1) is 0 Å². The summed E-state index contributed by atoms with van der Waals surface area (Å²) in [6.07, 6.45) is 5.75. The first-order chi connectivity index (χ1) is 9.63. The van der Waals surface area contributed by atoms with Crippen molar-refractivity contribution in [1.82, 2.24) is 15.2 Å². The number of nitrogens with zero attached hydrogens (tertiary/aromatic N) is 2. The SMILES string of the molecule is CCCCNC(=O)N1CCC[C@H]1c1nc(C(C)C)co1. The average molecular weight is 279 g/mol. The molecule has 20 heavy (non-hydrogen) atoms. The molecule has 0 saturated carbocycles. The lowest BCUT2D eigenvalue weighted by atomic mass is 10.1. The molecule has 0 spiro atoms. The average Bonchev–Trinajstić information content (AvgIpc) is 3.07. The van der Waals surface area contributed by atoms with E-state index in [0.717, 1.165) is 44.5 Å². The zero-order chi connectivity index (χ0) is 14.5. The molecule has 1 aromatic rings. The Hall–Kier alpha value is -1.52. The van der Waals surface area contributed by atoms with Gasteiger partial charge in [0.05, 0.1) is 5.69 Å². The highest BCUT2D eigenvalue weighted by atomic mass is 16.3. The van der Waals surface area contributed by atoms with Crippen LogP contribution in [0.15, 0.2) is 10.7 Å². The third-order valence-corrected chi connectivity index (χ3v) is 3.74. The van der Waals surface area contributed by atoms with E-state index in [9.17, 15) is 4.79 Å². The summed E-state index contributed by atoms with van der Waals surface area (Å²) in [5, 5.41) is 2.97. The van der Waals surface area contributed by atoms with Gasteiger partial charge in [0.2, 0.25) is 5.89 Å². The number of hydrogen-bond donors (Lipinski definition) is 1. The van der Waals surface area contributed by atoms with E-state index in [1.54, 1.807) is 6.26 Å². The molecule has 1 N–H and O–H groups in total. The maximum atomic E-state index is 12.2. The van der Waals surface area contributed by atoms with Gasteiger partial charge in [-0.25, -0.2) is 9.78 Å². The molecule has 0 aromatic carbocycles. The van der Waals surface area contributed by atoms with Gasteiger partial charge >= 0.3 is 6.03 Å². The van der Waals surface area contributed by atoms with Crippen molar-refractivity contribution in [3.05, 3.63) is 17.8 Å². The van der Waals surface area contributed by atoms with Crippen molar-refractivity contribution < 1.29 is 9.21 Å². The number of carbonyl (C=O) groups is 1. The van der Waals surface area contributed by atoms with Gasteiger partial charge in [0, 0.05) is 13.1 Å². The number of urea groups is 1. The zero-order valence-corrected chi connectivity index (χ0v) is 12.7. The molecule has 1 fully saturated rings. The minimum Gasteiger partial charge on any atom is -0.446 e. The lowest BCUT2D eigenvalue weighted by molar-refractivity contribution is 0.184. The predicted molar refractivity (Wildman–Crippen MR) is 77.6 cm³/mol. The second kappa shape index (κ2) is 6.77. The summed E-state index contributed by atoms with van der Waals surface area (Å²) in [6.45, 7) is 7.81. The fraction of sp³-hybridized carbons (Fsp3) is 0.733. The summed E-state index contributed by atoms with van der Waals surface area (Å²) in [6, 6.07) is -0.00521. The Balaban J connectivity index is 2.00. The van der Waals surface area contributed by atoms with Gasteiger partial charge in [0.15, 0.2) is 0 Å². The highest BCUT2D eigenvalue weighted by molar-refractivity contribution is 5.74. The van der Waals surface area contributed by atoms with Gasteiger partial charge in [-0.05, 0) is 25.2 Å². The maximum absolute atomic E-state index is 12.2. The number of aromatic nitrogens is 1. The van der Waals surface area contributed by atoms with Crippen LogP contribution in [-0.2, 0) is 0 Å². The number of amides is 2. The van der Waals surface area contributed by atoms with E-state index in [4.69, 9.17) is 4.42 Å². The van der Waals surface area contributed by atoms with Gasteiger partial charge in [-0.2, -0.15) is 0 Å². The molecule has 2 rings (SSSR count). The Labute approximate surface area is 120 Å². The van der Waals surface area contributed by atoms with E-state index in [-0.39, 0.29) is 12.1 Å². The first-order valence-corrected chi connectivity index (χ1v) is 7.63. The molecule has 1 aliphatic rings. The number of nitrogens with one attached hydrogen (secondary N) is 1. The molecule has 0 bridgehead atoms. The predicted octanol–water partition coefficient (Wildman–Crippen LogP) is 3.44. The van der Waals surface area contributed by atoms with Crippen molar-refractivity contribution in [3.8, 4) is 0 Å². The summed E-state index contributed by atoms with van der Waals surface area (Å²) >= 11 is 0. The molecule has 1 saturated heterocycles. The Bertz CT molecular complexity index is 442. The summed E-state index contributed by atoms with van der Waals surface area (Å²) in [5.41, 5.74) is 0.957. The van der Waals surface area contributed by atoms with E-state index in [0.29, 0.717) is 11.8 Å². The van der Waals surface area contributed by atoms with Crippen LogP contribution in [0.1, 0.15) is 70.0 Å². The lowest BCUT2D eigenvalue weighted by Crippen LogP contribution is -2.39. The van der Waals surface area contributed by atoms with E-state index >= 15 is 0 Å². The van der Waals surface area contributed by atoms with Crippen molar-refractivity contribution in [2.45, 2.75) is 58.4 Å². The van der Waals surface area contributed by atoms with E-state index < -0.39 is 0 Å². The lowest BCUT2D eigenvalue weighted by Gasteiger charge is -2.22. The van der Waals surface area contributed by atoms with Crippen molar-refractivity contribution in [2.24, 2.45) is 0 Å². The summed E-state index contributed by atoms with van der Waals surface area (Å²) in [4.78, 5) is 18.6. The van der Waals surface area contributed by atoms with Crippen LogP contribution in [0.2, 0.25) is 0 Å². The monoisotopic (exact) mass is 279 g/mol. The second-order valence-electron chi connectivity index (χ2n) is 5.70. The first kappa shape index (κ1) is 14.9. The van der Waals surface area contributed by atoms with Crippen LogP contribution in [0.5, 0.6) is 0 Å². The van der Waals surface area contributed by atoms with Crippen LogP contribution in [0.3, 0.4) is 0 Å². The molecule has 0 radical (unpaired) electrons. The van der Waals surface area contributed by atoms with Crippen molar-refractivity contribution in [3.63, 3.8) is 0 Å². The van der Waals surface area contributed by atoms with Gasteiger partial charge in [-0.3, -0.25) is 0 Å². The zero-order valence-electron chi connectivity index (χ0n) is 12.7. The molecule has 1 aliphatic heterocycles. The van der Waals surface area contributed by atoms with E-state index in [1.807, 2.05) is 4.90 Å². The minimum atomic E-state index is -0.0101. The Morgan fingerprint density at radius 3 is 3.05 bits per heavy atom. The standard InChI is InChI=1S/C15H25N3O2/c1-4-5-8-16-15(19)18-9-6-7-13(18)14-17-12(10-20-14)11(2)3/h10-11,13H,4-9H2,1-3H3,(H,16,19)/t13-/m0/s1. The largest absolute Gasteiger partial charge is 0.446 e. The third kappa shape index (κ3) is 3.32. The molecule has 0 unspecified atom stereocenters. The number of carbonyl (C=O) groups excluding carboxylic acids is 1. The molecule has 1 atom stereocenters. The quantitative estimate of drug-likeness (QED) is 0.840. The van der Waals surface area contributed by atoms with Gasteiger partial charge in [0.1, 0.15) is 12.3 Å². The van der Waals surface area contributed by atoms with Crippen LogP contribution in [-0.4, -0.2) is 29.0 Å². The highest BCUT2D eigenvalue weighted by Gasteiger charge is 2.33. The molecule has 2 amide bonds. The second-order valence-corrected chi connectivity index (χ2v) is 5.70. The van der Waals surface area contributed by atoms with Crippen molar-refractivity contribution in [1.29, 1.82) is 0 Å². The Morgan fingerprint density at radius 1 is 1.60 bits per heavy atom. The van der Waals surface area contributed by atoms with Crippen molar-refractivity contribution >= 4 is 6.03 Å². The fourth-order valence-corrected chi connectivity index (χ4v) is 2.46. The summed E-state index contributed by atoms with van der Waals surface area (Å²) in [5.74, 6) is 1.03. The number of likely N-dealkylation sites (tertiary alicyclic amines) is 1. The number of rotatable bonds is 5. The molecule has 1 aromatic heterocycles. The van der Waals surface area contributed by atoms with Gasteiger partial charge < -0.3 is 14.6 Å². The molecular formula is C15H25N3O2. The number of unbranched alkanes of at least 4 members (excludes halogenated alkanes) is 1. The summed E-state index contributed by atoms with van der Waals surface area (Å²) in [7, 11) is 0. The minimum absolute atomic E-state index is 0.00486. The van der Waals surface area contributed by atoms with E-state index in [1.165, 1.54) is 0 Å².